The lowest BCUT2D eigenvalue weighted by atomic mass is 10.2. The van der Waals surface area contributed by atoms with Gasteiger partial charge in [-0.2, -0.15) is 0 Å². The number of thioether (sulfide) groups is 1. The number of aromatic hydroxyl groups is 1. The molecule has 1 heterocycles. The minimum absolute atomic E-state index is 0.0466. The Labute approximate surface area is 127 Å². The first-order chi connectivity index (χ1) is 9.56. The minimum Gasteiger partial charge on any atom is -0.504 e. The molecule has 1 aromatic rings. The zero-order valence-electron chi connectivity index (χ0n) is 11.3. The average molecular weight is 309 g/mol. The summed E-state index contributed by atoms with van der Waals surface area (Å²) in [5, 5.41) is 9.74. The minimum atomic E-state index is -0.0721. The van der Waals surface area contributed by atoms with Gasteiger partial charge in [-0.05, 0) is 30.2 Å². The van der Waals surface area contributed by atoms with Gasteiger partial charge in [0, 0.05) is 6.54 Å². The van der Waals surface area contributed by atoms with Gasteiger partial charge in [0.25, 0.3) is 5.91 Å². The zero-order chi connectivity index (χ0) is 14.7. The SMILES string of the molecule is CCCN1C(=O)/C(=C\c2ccc(OC)c(O)c2)SC1=S. The first-order valence-electron chi connectivity index (χ1n) is 6.19. The van der Waals surface area contributed by atoms with Gasteiger partial charge in [-0.15, -0.1) is 0 Å². The first kappa shape index (κ1) is 14.9. The number of hydrogen-bond donors (Lipinski definition) is 1. The van der Waals surface area contributed by atoms with Gasteiger partial charge in [-0.3, -0.25) is 9.69 Å². The lowest BCUT2D eigenvalue weighted by Crippen LogP contribution is -2.28. The van der Waals surface area contributed by atoms with Gasteiger partial charge >= 0.3 is 0 Å². The van der Waals surface area contributed by atoms with E-state index in [4.69, 9.17) is 17.0 Å². The quantitative estimate of drug-likeness (QED) is 0.684. The fraction of sp³-hybridized carbons (Fsp3) is 0.286. The lowest BCUT2D eigenvalue weighted by Gasteiger charge is -2.11. The summed E-state index contributed by atoms with van der Waals surface area (Å²) in [4.78, 5) is 14.4. The van der Waals surface area contributed by atoms with Crippen molar-refractivity contribution in [2.24, 2.45) is 0 Å². The van der Waals surface area contributed by atoms with Crippen LogP contribution in [-0.2, 0) is 4.79 Å². The molecule has 0 radical (unpaired) electrons. The molecule has 0 atom stereocenters. The Kier molecular flexibility index (Phi) is 4.67. The monoisotopic (exact) mass is 309 g/mol. The number of benzene rings is 1. The van der Waals surface area contributed by atoms with Crippen molar-refractivity contribution in [2.45, 2.75) is 13.3 Å². The van der Waals surface area contributed by atoms with Crippen molar-refractivity contribution in [1.82, 2.24) is 4.90 Å². The number of amides is 1. The number of hydrogen-bond acceptors (Lipinski definition) is 5. The fourth-order valence-electron chi connectivity index (χ4n) is 1.86. The number of carbonyl (C=O) groups excluding carboxylic acids is 1. The molecule has 106 valence electrons. The van der Waals surface area contributed by atoms with Crippen molar-refractivity contribution in [1.29, 1.82) is 0 Å². The highest BCUT2D eigenvalue weighted by molar-refractivity contribution is 8.26. The molecule has 1 aliphatic heterocycles. The molecule has 1 aliphatic rings. The Balaban J connectivity index is 2.26. The third-order valence-corrected chi connectivity index (χ3v) is 4.20. The predicted molar refractivity (Wildman–Crippen MR) is 84.8 cm³/mol. The van der Waals surface area contributed by atoms with Crippen molar-refractivity contribution in [3.05, 3.63) is 28.7 Å². The lowest BCUT2D eigenvalue weighted by molar-refractivity contribution is -0.122. The van der Waals surface area contributed by atoms with Crippen LogP contribution in [0.15, 0.2) is 23.1 Å². The van der Waals surface area contributed by atoms with Gasteiger partial charge in [0.05, 0.1) is 12.0 Å². The topological polar surface area (TPSA) is 49.8 Å². The maximum atomic E-state index is 12.2. The van der Waals surface area contributed by atoms with Crippen molar-refractivity contribution in [2.75, 3.05) is 13.7 Å². The van der Waals surface area contributed by atoms with Crippen LogP contribution in [0.4, 0.5) is 0 Å². The van der Waals surface area contributed by atoms with E-state index >= 15 is 0 Å². The number of methoxy groups -OCH3 is 1. The molecule has 2 rings (SSSR count). The third kappa shape index (κ3) is 2.96. The Morgan fingerprint density at radius 3 is 2.85 bits per heavy atom. The summed E-state index contributed by atoms with van der Waals surface area (Å²) in [6, 6.07) is 5.00. The van der Waals surface area contributed by atoms with Crippen LogP contribution in [0, 0.1) is 0 Å². The molecule has 0 spiro atoms. The van der Waals surface area contributed by atoms with Crippen molar-refractivity contribution in [3.8, 4) is 11.5 Å². The summed E-state index contributed by atoms with van der Waals surface area (Å²) in [6.07, 6.45) is 2.59. The van der Waals surface area contributed by atoms with Crippen LogP contribution < -0.4 is 4.74 Å². The molecule has 6 heteroatoms. The molecule has 1 amide bonds. The van der Waals surface area contributed by atoms with Crippen LogP contribution >= 0.6 is 24.0 Å². The number of thiocarbonyl (C=S) groups is 1. The largest absolute Gasteiger partial charge is 0.504 e. The van der Waals surface area contributed by atoms with E-state index in [9.17, 15) is 9.90 Å². The second-order valence-corrected chi connectivity index (χ2v) is 5.94. The average Bonchev–Trinajstić information content (AvgIpc) is 2.67. The highest BCUT2D eigenvalue weighted by atomic mass is 32.2. The molecule has 4 nitrogen and oxygen atoms in total. The van der Waals surface area contributed by atoms with Gasteiger partial charge in [0.2, 0.25) is 0 Å². The standard InChI is InChI=1S/C14H15NO3S2/c1-3-6-15-13(17)12(20-14(15)19)8-9-4-5-11(18-2)10(16)7-9/h4-5,7-8,16H,3,6H2,1-2H3/b12-8+. The van der Waals surface area contributed by atoms with Gasteiger partial charge in [-0.1, -0.05) is 37.0 Å². The fourth-order valence-corrected chi connectivity index (χ4v) is 3.17. The van der Waals surface area contributed by atoms with Crippen LogP contribution in [0.25, 0.3) is 6.08 Å². The normalized spacial score (nSPS) is 17.1. The molecule has 20 heavy (non-hydrogen) atoms. The van der Waals surface area contributed by atoms with Crippen LogP contribution in [0.2, 0.25) is 0 Å². The highest BCUT2D eigenvalue weighted by Gasteiger charge is 2.31. The molecule has 1 fully saturated rings. The number of nitrogens with zero attached hydrogens (tertiary/aromatic N) is 1. The van der Waals surface area contributed by atoms with Crippen molar-refractivity contribution >= 4 is 40.3 Å². The van der Waals surface area contributed by atoms with Gasteiger partial charge < -0.3 is 9.84 Å². The Hall–Kier alpha value is -1.53. The van der Waals surface area contributed by atoms with Crippen LogP contribution in [0.3, 0.4) is 0 Å². The van der Waals surface area contributed by atoms with Crippen LogP contribution in [-0.4, -0.2) is 33.9 Å². The first-order valence-corrected chi connectivity index (χ1v) is 7.41. The number of rotatable bonds is 4. The zero-order valence-corrected chi connectivity index (χ0v) is 12.9. The van der Waals surface area contributed by atoms with Gasteiger partial charge in [-0.25, -0.2) is 0 Å². The molecule has 0 unspecified atom stereocenters. The molecule has 0 aromatic heterocycles. The smallest absolute Gasteiger partial charge is 0.266 e. The predicted octanol–water partition coefficient (Wildman–Crippen LogP) is 3.01. The van der Waals surface area contributed by atoms with Crippen molar-refractivity contribution < 1.29 is 14.6 Å². The molecule has 0 saturated carbocycles. The summed E-state index contributed by atoms with van der Waals surface area (Å²) in [5.41, 5.74) is 0.736. The molecule has 0 aliphatic carbocycles. The summed E-state index contributed by atoms with van der Waals surface area (Å²) in [6.45, 7) is 2.64. The molecule has 1 saturated heterocycles. The molecule has 0 bridgehead atoms. The van der Waals surface area contributed by atoms with Crippen LogP contribution in [0.1, 0.15) is 18.9 Å². The Morgan fingerprint density at radius 1 is 1.50 bits per heavy atom. The summed E-state index contributed by atoms with van der Waals surface area (Å²) >= 11 is 6.49. The van der Waals surface area contributed by atoms with E-state index in [0.717, 1.165) is 12.0 Å². The van der Waals surface area contributed by atoms with E-state index in [1.807, 2.05) is 6.92 Å². The summed E-state index contributed by atoms with van der Waals surface area (Å²) < 4.78 is 5.57. The molecular weight excluding hydrogens is 294 g/mol. The van der Waals surface area contributed by atoms with Crippen molar-refractivity contribution in [3.63, 3.8) is 0 Å². The van der Waals surface area contributed by atoms with E-state index in [1.165, 1.54) is 18.9 Å². The van der Waals surface area contributed by atoms with E-state index in [2.05, 4.69) is 0 Å². The number of phenols is 1. The second kappa shape index (κ2) is 6.28. The van der Waals surface area contributed by atoms with Crippen LogP contribution in [0.5, 0.6) is 11.5 Å². The van der Waals surface area contributed by atoms with E-state index in [1.54, 1.807) is 29.2 Å². The van der Waals surface area contributed by atoms with E-state index in [0.29, 0.717) is 21.5 Å². The molecule has 1 N–H and O–H groups in total. The number of carbonyl (C=O) groups is 1. The molecular formula is C14H15NO3S2. The Bertz CT molecular complexity index is 584. The third-order valence-electron chi connectivity index (χ3n) is 2.82. The molecule has 1 aromatic carbocycles. The maximum Gasteiger partial charge on any atom is 0.266 e. The Morgan fingerprint density at radius 2 is 2.25 bits per heavy atom. The number of ether oxygens (including phenoxy) is 1. The summed E-state index contributed by atoms with van der Waals surface area (Å²) in [7, 11) is 1.49. The van der Waals surface area contributed by atoms with Gasteiger partial charge in [0.1, 0.15) is 4.32 Å². The maximum absolute atomic E-state index is 12.2. The summed E-state index contributed by atoms with van der Waals surface area (Å²) in [5.74, 6) is 0.378. The van der Waals surface area contributed by atoms with E-state index in [-0.39, 0.29) is 11.7 Å². The van der Waals surface area contributed by atoms with Gasteiger partial charge in [0.15, 0.2) is 11.5 Å². The van der Waals surface area contributed by atoms with E-state index < -0.39 is 0 Å². The highest BCUT2D eigenvalue weighted by Crippen LogP contribution is 2.34. The number of phenolic OH excluding ortho intramolecular Hbond substituents is 1. The second-order valence-electron chi connectivity index (χ2n) is 4.26.